The first kappa shape index (κ1) is 30.9. The van der Waals surface area contributed by atoms with Crippen LogP contribution in [-0.2, 0) is 23.8 Å². The number of Topliss-reactive ketones (excluding diaryl/α,β-unsaturated/α-hetero) is 1. The zero-order valence-corrected chi connectivity index (χ0v) is 23.8. The van der Waals surface area contributed by atoms with Crippen molar-refractivity contribution < 1.29 is 42.8 Å². The van der Waals surface area contributed by atoms with Gasteiger partial charge >= 0.3 is 11.9 Å². The van der Waals surface area contributed by atoms with E-state index >= 15 is 0 Å². The molecule has 40 heavy (non-hydrogen) atoms. The summed E-state index contributed by atoms with van der Waals surface area (Å²) in [4.78, 5) is 41.6. The minimum atomic E-state index is -0.780. The molecule has 1 aromatic carbocycles. The zero-order valence-electron chi connectivity index (χ0n) is 23.8. The maximum absolute atomic E-state index is 13.2. The number of ether oxygens (including phenoxy) is 6. The van der Waals surface area contributed by atoms with Crippen LogP contribution in [0.25, 0.3) is 0 Å². The maximum atomic E-state index is 13.2. The summed E-state index contributed by atoms with van der Waals surface area (Å²) in [5, 5.41) is 0. The highest BCUT2D eigenvalue weighted by Gasteiger charge is 2.43. The lowest BCUT2D eigenvalue weighted by atomic mass is 10.0. The Morgan fingerprint density at radius 1 is 1.07 bits per heavy atom. The molecule has 2 aromatic rings. The van der Waals surface area contributed by atoms with Crippen LogP contribution in [0.5, 0.6) is 17.2 Å². The van der Waals surface area contributed by atoms with E-state index in [-0.39, 0.29) is 29.7 Å². The predicted molar refractivity (Wildman–Crippen MR) is 145 cm³/mol. The fourth-order valence-electron chi connectivity index (χ4n) is 4.19. The van der Waals surface area contributed by atoms with Crippen LogP contribution in [0.2, 0.25) is 0 Å². The topological polar surface area (TPSA) is 119 Å². The van der Waals surface area contributed by atoms with Crippen molar-refractivity contribution in [2.24, 2.45) is 11.8 Å². The molecule has 1 aromatic heterocycles. The van der Waals surface area contributed by atoms with Gasteiger partial charge in [-0.05, 0) is 44.2 Å². The third-order valence-corrected chi connectivity index (χ3v) is 6.42. The van der Waals surface area contributed by atoms with E-state index in [0.29, 0.717) is 18.3 Å². The van der Waals surface area contributed by atoms with Crippen molar-refractivity contribution in [1.29, 1.82) is 0 Å². The quantitative estimate of drug-likeness (QED) is 0.153. The summed E-state index contributed by atoms with van der Waals surface area (Å²) >= 11 is 0. The van der Waals surface area contributed by atoms with E-state index in [2.05, 4.69) is 4.98 Å². The first-order valence-corrected chi connectivity index (χ1v) is 13.6. The van der Waals surface area contributed by atoms with Crippen molar-refractivity contribution in [3.63, 3.8) is 0 Å². The van der Waals surface area contributed by atoms with Crippen LogP contribution in [-0.4, -0.2) is 61.5 Å². The van der Waals surface area contributed by atoms with Gasteiger partial charge in [0, 0.05) is 32.2 Å². The van der Waals surface area contributed by atoms with E-state index in [0.717, 1.165) is 19.3 Å². The van der Waals surface area contributed by atoms with Crippen molar-refractivity contribution in [3.05, 3.63) is 48.3 Å². The van der Waals surface area contributed by atoms with Crippen LogP contribution in [0.3, 0.4) is 0 Å². The SMILES string of the molecule is CCCO[C@@H](C1CC1)[C@@H](Oc1ccccc1)[C@H](C)OC(=O)[C@H](C)CC(=O)c1nccc(OC)c1OCOC(C)=O. The largest absolute Gasteiger partial charge is 0.493 e. The molecule has 0 spiro atoms. The van der Waals surface area contributed by atoms with Gasteiger partial charge in [0.25, 0.3) is 0 Å². The van der Waals surface area contributed by atoms with Crippen molar-refractivity contribution in [3.8, 4) is 17.2 Å². The molecule has 0 saturated heterocycles. The molecule has 0 radical (unpaired) electrons. The number of carbonyl (C=O) groups is 3. The number of ketones is 1. The Hall–Kier alpha value is -3.66. The van der Waals surface area contributed by atoms with Crippen molar-refractivity contribution >= 4 is 17.7 Å². The Morgan fingerprint density at radius 2 is 1.80 bits per heavy atom. The van der Waals surface area contributed by atoms with Crippen LogP contribution < -0.4 is 14.2 Å². The van der Waals surface area contributed by atoms with Crippen LogP contribution in [0.15, 0.2) is 42.6 Å². The van der Waals surface area contributed by atoms with Crippen molar-refractivity contribution in [2.75, 3.05) is 20.5 Å². The number of carbonyl (C=O) groups excluding carboxylic acids is 3. The molecule has 1 fully saturated rings. The second-order valence-corrected chi connectivity index (χ2v) is 9.83. The fraction of sp³-hybridized carbons (Fsp3) is 0.533. The van der Waals surface area contributed by atoms with E-state index in [1.807, 2.05) is 37.3 Å². The smallest absolute Gasteiger partial charge is 0.309 e. The van der Waals surface area contributed by atoms with Gasteiger partial charge < -0.3 is 28.4 Å². The van der Waals surface area contributed by atoms with Crippen molar-refractivity contribution in [2.45, 2.75) is 71.7 Å². The summed E-state index contributed by atoms with van der Waals surface area (Å²) < 4.78 is 33.9. The Balaban J connectivity index is 1.70. The lowest BCUT2D eigenvalue weighted by Crippen LogP contribution is -2.46. The highest BCUT2D eigenvalue weighted by molar-refractivity contribution is 5.99. The molecule has 10 nitrogen and oxygen atoms in total. The first-order chi connectivity index (χ1) is 19.2. The number of methoxy groups -OCH3 is 1. The molecule has 10 heteroatoms. The second-order valence-electron chi connectivity index (χ2n) is 9.83. The molecule has 218 valence electrons. The third kappa shape index (κ3) is 8.94. The summed E-state index contributed by atoms with van der Waals surface area (Å²) in [6, 6.07) is 10.9. The molecule has 4 atom stereocenters. The summed E-state index contributed by atoms with van der Waals surface area (Å²) in [5.74, 6) is -1.04. The number of nitrogens with zero attached hydrogens (tertiary/aromatic N) is 1. The van der Waals surface area contributed by atoms with Gasteiger partial charge in [0.1, 0.15) is 18.0 Å². The molecule has 3 rings (SSSR count). The van der Waals surface area contributed by atoms with E-state index in [9.17, 15) is 14.4 Å². The molecule has 1 saturated carbocycles. The Kier molecular flexibility index (Phi) is 11.7. The molecule has 0 N–H and O–H groups in total. The van der Waals surface area contributed by atoms with E-state index in [1.165, 1.54) is 26.3 Å². The number of benzene rings is 1. The lowest BCUT2D eigenvalue weighted by Gasteiger charge is -2.32. The summed E-state index contributed by atoms with van der Waals surface area (Å²) in [5.41, 5.74) is -0.0359. The summed E-state index contributed by atoms with van der Waals surface area (Å²) in [6.07, 6.45) is 2.76. The average molecular weight is 558 g/mol. The number of rotatable bonds is 17. The van der Waals surface area contributed by atoms with Gasteiger partial charge in [-0.25, -0.2) is 4.98 Å². The number of esters is 2. The Morgan fingerprint density at radius 3 is 2.42 bits per heavy atom. The van der Waals surface area contributed by atoms with Gasteiger partial charge in [-0.1, -0.05) is 32.0 Å². The number of para-hydroxylation sites is 1. The number of pyridine rings is 1. The predicted octanol–water partition coefficient (Wildman–Crippen LogP) is 4.78. The number of aromatic nitrogens is 1. The Bertz CT molecular complexity index is 1120. The third-order valence-electron chi connectivity index (χ3n) is 6.42. The highest BCUT2D eigenvalue weighted by Crippen LogP contribution is 2.38. The summed E-state index contributed by atoms with van der Waals surface area (Å²) in [6.45, 7) is 6.85. The maximum Gasteiger partial charge on any atom is 0.309 e. The average Bonchev–Trinajstić information content (AvgIpc) is 3.78. The fourth-order valence-corrected chi connectivity index (χ4v) is 4.19. The minimum Gasteiger partial charge on any atom is -0.493 e. The van der Waals surface area contributed by atoms with Crippen molar-refractivity contribution in [1.82, 2.24) is 4.98 Å². The monoisotopic (exact) mass is 557 g/mol. The molecule has 1 heterocycles. The second kappa shape index (κ2) is 15.2. The Labute approximate surface area is 235 Å². The van der Waals surface area contributed by atoms with Crippen LogP contribution in [0, 0.1) is 11.8 Å². The standard InChI is InChI=1S/C30H39NO9/c1-6-16-36-28(22-12-13-22)27(40-23-10-8-7-9-11-23)20(3)39-30(34)19(2)17-24(33)26-29(38-18-37-21(4)32)25(35-5)14-15-31-26/h7-11,14-15,19-20,22,27-28H,6,12-13,16-18H2,1-5H3/t19-,20+,27+,28+/m1/s1. The van der Waals surface area contributed by atoms with Gasteiger partial charge in [-0.3, -0.25) is 14.4 Å². The van der Waals surface area contributed by atoms with Gasteiger partial charge in [0.2, 0.25) is 6.79 Å². The molecule has 1 aliphatic carbocycles. The van der Waals surface area contributed by atoms with Crippen LogP contribution in [0.1, 0.15) is 63.9 Å². The molecule has 1 aliphatic rings. The first-order valence-electron chi connectivity index (χ1n) is 13.6. The van der Waals surface area contributed by atoms with Gasteiger partial charge in [0.05, 0.1) is 13.0 Å². The molecule has 0 unspecified atom stereocenters. The number of hydrogen-bond donors (Lipinski definition) is 0. The van der Waals surface area contributed by atoms with Gasteiger partial charge in [-0.2, -0.15) is 0 Å². The van der Waals surface area contributed by atoms with E-state index < -0.39 is 42.6 Å². The van der Waals surface area contributed by atoms with Gasteiger partial charge in [-0.15, -0.1) is 0 Å². The molecule has 0 amide bonds. The van der Waals surface area contributed by atoms with Crippen LogP contribution >= 0.6 is 0 Å². The lowest BCUT2D eigenvalue weighted by molar-refractivity contribution is -0.163. The normalized spacial score (nSPS) is 15.7. The van der Waals surface area contributed by atoms with Crippen LogP contribution in [0.4, 0.5) is 0 Å². The number of hydrogen-bond acceptors (Lipinski definition) is 10. The van der Waals surface area contributed by atoms with E-state index in [4.69, 9.17) is 28.4 Å². The zero-order chi connectivity index (χ0) is 29.1. The molecule has 0 aliphatic heterocycles. The summed E-state index contributed by atoms with van der Waals surface area (Å²) in [7, 11) is 1.41. The highest BCUT2D eigenvalue weighted by atomic mass is 16.7. The van der Waals surface area contributed by atoms with E-state index in [1.54, 1.807) is 13.8 Å². The molecular formula is C30H39NO9. The minimum absolute atomic E-state index is 0.0295. The molecular weight excluding hydrogens is 518 g/mol. The molecule has 0 bridgehead atoms. The van der Waals surface area contributed by atoms with Gasteiger partial charge in [0.15, 0.2) is 29.1 Å².